The zero-order valence-electron chi connectivity index (χ0n) is 9.75. The van der Waals surface area contributed by atoms with Gasteiger partial charge in [-0.15, -0.1) is 0 Å². The van der Waals surface area contributed by atoms with Crippen LogP contribution in [0.25, 0.3) is 0 Å². The normalized spacial score (nSPS) is 11.9. The molecule has 0 aliphatic heterocycles. The van der Waals surface area contributed by atoms with Gasteiger partial charge in [0.2, 0.25) is 5.91 Å². The second kappa shape index (κ2) is 7.87. The first-order valence-electron chi connectivity index (χ1n) is 5.30. The number of aliphatic carboxylic acids is 1. The molecule has 5 heteroatoms. The van der Waals surface area contributed by atoms with Gasteiger partial charge in [0.05, 0.1) is 0 Å². The molecule has 5 nitrogen and oxygen atoms in total. The average Bonchev–Trinajstić information content (AvgIpc) is 2.26. The van der Waals surface area contributed by atoms with E-state index in [-0.39, 0.29) is 23.7 Å². The van der Waals surface area contributed by atoms with Gasteiger partial charge in [0.1, 0.15) is 0 Å². The first-order valence-corrected chi connectivity index (χ1v) is 5.30. The van der Waals surface area contributed by atoms with Crippen LogP contribution in [0.1, 0.15) is 33.1 Å². The molecule has 0 aromatic carbocycles. The van der Waals surface area contributed by atoms with Crippen molar-refractivity contribution in [1.29, 1.82) is 0 Å². The number of nitrogens with one attached hydrogen (secondary N) is 1. The highest BCUT2D eigenvalue weighted by Crippen LogP contribution is 2.03. The fourth-order valence-corrected chi connectivity index (χ4v) is 1.08. The van der Waals surface area contributed by atoms with E-state index < -0.39 is 5.97 Å². The number of carboxylic acid groups (broad SMARTS) is 1. The number of rotatable bonds is 7. The fraction of sp³-hybridized carbons (Fsp3) is 0.636. The van der Waals surface area contributed by atoms with Crippen molar-refractivity contribution < 1.29 is 19.8 Å². The Morgan fingerprint density at radius 3 is 2.19 bits per heavy atom. The van der Waals surface area contributed by atoms with Gasteiger partial charge in [0.15, 0.2) is 0 Å². The van der Waals surface area contributed by atoms with Gasteiger partial charge in [0, 0.05) is 24.3 Å². The summed E-state index contributed by atoms with van der Waals surface area (Å²) in [5.74, 6) is -1.42. The third kappa shape index (κ3) is 5.50. The smallest absolute Gasteiger partial charge is 0.331 e. The van der Waals surface area contributed by atoms with E-state index in [1.165, 1.54) is 13.8 Å². The summed E-state index contributed by atoms with van der Waals surface area (Å²) in [6.07, 6.45) is 2.35. The molecule has 0 aromatic rings. The summed E-state index contributed by atoms with van der Waals surface area (Å²) >= 11 is 0. The van der Waals surface area contributed by atoms with E-state index in [1.54, 1.807) is 0 Å². The highest BCUT2D eigenvalue weighted by atomic mass is 16.4. The number of unbranched alkanes of at least 4 members (excludes halogenated alkanes) is 2. The number of carbonyl (C=O) groups excluding carboxylic acids is 1. The van der Waals surface area contributed by atoms with Crippen molar-refractivity contribution in [3.05, 3.63) is 11.1 Å². The summed E-state index contributed by atoms with van der Waals surface area (Å²) in [6, 6.07) is 0. The zero-order valence-corrected chi connectivity index (χ0v) is 9.75. The molecule has 0 aromatic heterocycles. The molecule has 0 fully saturated rings. The summed E-state index contributed by atoms with van der Waals surface area (Å²) in [5.41, 5.74) is 0.294. The van der Waals surface area contributed by atoms with Crippen LogP contribution in [-0.2, 0) is 9.59 Å². The molecule has 3 N–H and O–H groups in total. The summed E-state index contributed by atoms with van der Waals surface area (Å²) in [5, 5.41) is 19.8. The van der Waals surface area contributed by atoms with Crippen molar-refractivity contribution in [3.63, 3.8) is 0 Å². The van der Waals surface area contributed by atoms with Crippen molar-refractivity contribution in [3.8, 4) is 0 Å². The third-order valence-corrected chi connectivity index (χ3v) is 2.34. The standard InChI is InChI=1S/C11H19NO4/c1-8(9(2)11(15)16)10(14)12-6-4-3-5-7-13/h13H,3-7H2,1-2H3,(H,12,14)(H,15,16)/b9-8-. The molecule has 92 valence electrons. The predicted molar refractivity (Wildman–Crippen MR) is 60.0 cm³/mol. The first-order chi connectivity index (χ1) is 7.50. The largest absolute Gasteiger partial charge is 0.478 e. The first kappa shape index (κ1) is 14.6. The number of hydrogen-bond acceptors (Lipinski definition) is 3. The fourth-order valence-electron chi connectivity index (χ4n) is 1.08. The summed E-state index contributed by atoms with van der Waals surface area (Å²) < 4.78 is 0. The molecule has 1 amide bonds. The Kier molecular flexibility index (Phi) is 7.20. The van der Waals surface area contributed by atoms with E-state index in [9.17, 15) is 9.59 Å². The highest BCUT2D eigenvalue weighted by molar-refractivity contribution is 6.01. The van der Waals surface area contributed by atoms with Crippen LogP contribution >= 0.6 is 0 Å². The monoisotopic (exact) mass is 229 g/mol. The summed E-state index contributed by atoms with van der Waals surface area (Å²) in [7, 11) is 0. The van der Waals surface area contributed by atoms with Crippen molar-refractivity contribution >= 4 is 11.9 Å². The Morgan fingerprint density at radius 2 is 1.69 bits per heavy atom. The maximum absolute atomic E-state index is 11.4. The van der Waals surface area contributed by atoms with Gasteiger partial charge < -0.3 is 15.5 Å². The molecule has 0 radical (unpaired) electrons. The summed E-state index contributed by atoms with van der Waals surface area (Å²) in [4.78, 5) is 22.0. The van der Waals surface area contributed by atoms with Gasteiger partial charge in [-0.1, -0.05) is 0 Å². The van der Waals surface area contributed by atoms with E-state index in [1.807, 2.05) is 0 Å². The van der Waals surface area contributed by atoms with Crippen LogP contribution in [0.15, 0.2) is 11.1 Å². The number of amides is 1. The predicted octanol–water partition coefficient (Wildman–Crippen LogP) is 0.686. The molecule has 0 aliphatic carbocycles. The molecular weight excluding hydrogens is 210 g/mol. The quantitative estimate of drug-likeness (QED) is 0.442. The molecule has 0 rings (SSSR count). The van der Waals surface area contributed by atoms with Crippen molar-refractivity contribution in [1.82, 2.24) is 5.32 Å². The number of carboxylic acids is 1. The average molecular weight is 229 g/mol. The van der Waals surface area contributed by atoms with E-state index in [0.29, 0.717) is 6.54 Å². The Labute approximate surface area is 95.2 Å². The van der Waals surface area contributed by atoms with Crippen LogP contribution < -0.4 is 5.32 Å². The van der Waals surface area contributed by atoms with Gasteiger partial charge >= 0.3 is 5.97 Å². The van der Waals surface area contributed by atoms with Crippen LogP contribution in [0.3, 0.4) is 0 Å². The van der Waals surface area contributed by atoms with Gasteiger partial charge in [-0.05, 0) is 33.1 Å². The molecule has 0 atom stereocenters. The van der Waals surface area contributed by atoms with Crippen LogP contribution in [0.4, 0.5) is 0 Å². The maximum atomic E-state index is 11.4. The molecule has 0 saturated carbocycles. The number of aliphatic hydroxyl groups excluding tert-OH is 1. The maximum Gasteiger partial charge on any atom is 0.331 e. The lowest BCUT2D eigenvalue weighted by atomic mass is 10.1. The van der Waals surface area contributed by atoms with Crippen LogP contribution in [-0.4, -0.2) is 35.2 Å². The topological polar surface area (TPSA) is 86.6 Å². The number of hydrogen-bond donors (Lipinski definition) is 3. The van der Waals surface area contributed by atoms with Crippen LogP contribution in [0, 0.1) is 0 Å². The molecule has 0 unspecified atom stereocenters. The molecule has 0 saturated heterocycles. The lowest BCUT2D eigenvalue weighted by Crippen LogP contribution is -2.26. The lowest BCUT2D eigenvalue weighted by molar-refractivity contribution is -0.133. The minimum atomic E-state index is -1.08. The van der Waals surface area contributed by atoms with Crippen molar-refractivity contribution in [2.24, 2.45) is 0 Å². The van der Waals surface area contributed by atoms with Gasteiger partial charge in [0.25, 0.3) is 0 Å². The van der Waals surface area contributed by atoms with E-state index in [0.717, 1.165) is 19.3 Å². The molecule has 0 heterocycles. The van der Waals surface area contributed by atoms with E-state index >= 15 is 0 Å². The summed E-state index contributed by atoms with van der Waals surface area (Å²) in [6.45, 7) is 3.56. The number of aliphatic hydroxyl groups is 1. The highest BCUT2D eigenvalue weighted by Gasteiger charge is 2.11. The molecule has 0 aliphatic rings. The Morgan fingerprint density at radius 1 is 1.06 bits per heavy atom. The Hall–Kier alpha value is -1.36. The van der Waals surface area contributed by atoms with Gasteiger partial charge in [-0.2, -0.15) is 0 Å². The number of carbonyl (C=O) groups is 2. The Balaban J connectivity index is 3.98. The van der Waals surface area contributed by atoms with Gasteiger partial charge in [-0.25, -0.2) is 4.79 Å². The van der Waals surface area contributed by atoms with Gasteiger partial charge in [-0.3, -0.25) is 4.79 Å². The molecule has 16 heavy (non-hydrogen) atoms. The Bertz CT molecular complexity index is 284. The SMILES string of the molecule is C/C(C(=O)O)=C(\C)C(=O)NCCCCCO. The van der Waals surface area contributed by atoms with E-state index in [2.05, 4.69) is 5.32 Å². The second-order valence-electron chi connectivity index (χ2n) is 3.60. The van der Waals surface area contributed by atoms with Crippen LogP contribution in [0.2, 0.25) is 0 Å². The van der Waals surface area contributed by atoms with Crippen LogP contribution in [0.5, 0.6) is 0 Å². The minimum Gasteiger partial charge on any atom is -0.478 e. The van der Waals surface area contributed by atoms with E-state index in [4.69, 9.17) is 10.2 Å². The lowest BCUT2D eigenvalue weighted by Gasteiger charge is -2.06. The minimum absolute atomic E-state index is 0.0628. The third-order valence-electron chi connectivity index (χ3n) is 2.34. The van der Waals surface area contributed by atoms with Crippen molar-refractivity contribution in [2.75, 3.05) is 13.2 Å². The van der Waals surface area contributed by atoms with Crippen molar-refractivity contribution in [2.45, 2.75) is 33.1 Å². The molecular formula is C11H19NO4. The molecule has 0 bridgehead atoms. The molecule has 0 spiro atoms. The zero-order chi connectivity index (χ0) is 12.6. The second-order valence-corrected chi connectivity index (χ2v) is 3.60.